The second-order valence-electron chi connectivity index (χ2n) is 6.29. The Hall–Kier alpha value is -3.49. The highest BCUT2D eigenvalue weighted by molar-refractivity contribution is 7.80. The molecule has 0 fully saturated rings. The highest BCUT2D eigenvalue weighted by Crippen LogP contribution is 2.29. The van der Waals surface area contributed by atoms with Gasteiger partial charge in [-0.15, -0.1) is 10.2 Å². The Kier molecular flexibility index (Phi) is 6.17. The molecule has 0 aliphatic heterocycles. The minimum Gasteiger partial charge on any atom is -0.497 e. The van der Waals surface area contributed by atoms with E-state index in [0.29, 0.717) is 5.11 Å². The third kappa shape index (κ3) is 5.11. The van der Waals surface area contributed by atoms with E-state index in [4.69, 9.17) is 17.0 Å². The molecule has 0 aliphatic rings. The summed E-state index contributed by atoms with van der Waals surface area (Å²) in [6.45, 7) is 0. The Morgan fingerprint density at radius 3 is 2.10 bits per heavy atom. The normalized spacial score (nSPS) is 10.3. The van der Waals surface area contributed by atoms with Crippen LogP contribution in [0.3, 0.4) is 0 Å². The molecule has 0 atom stereocenters. The summed E-state index contributed by atoms with van der Waals surface area (Å²) in [4.78, 5) is 0. The zero-order valence-electron chi connectivity index (χ0n) is 16.1. The zero-order valence-corrected chi connectivity index (χ0v) is 17.8. The van der Waals surface area contributed by atoms with Crippen LogP contribution in [-0.2, 0) is 0 Å². The molecule has 0 saturated carbocycles. The number of hydrogen-bond acceptors (Lipinski definition) is 6. The fourth-order valence-electron chi connectivity index (χ4n) is 2.70. The average Bonchev–Trinajstić information content (AvgIpc) is 3.24. The van der Waals surface area contributed by atoms with Gasteiger partial charge in [-0.25, -0.2) is 0 Å². The van der Waals surface area contributed by atoms with Gasteiger partial charge in [-0.05, 0) is 72.9 Å². The molecular formula is C22H19N5OS2. The van der Waals surface area contributed by atoms with Crippen LogP contribution in [0.1, 0.15) is 0 Å². The number of anilines is 4. The monoisotopic (exact) mass is 433 g/mol. The lowest BCUT2D eigenvalue weighted by Gasteiger charge is -2.10. The fourth-order valence-corrected chi connectivity index (χ4v) is 3.70. The van der Waals surface area contributed by atoms with Crippen molar-refractivity contribution in [2.75, 3.05) is 23.1 Å². The molecule has 0 aliphatic carbocycles. The van der Waals surface area contributed by atoms with Gasteiger partial charge >= 0.3 is 0 Å². The van der Waals surface area contributed by atoms with Gasteiger partial charge in [0.2, 0.25) is 5.13 Å². The molecule has 0 radical (unpaired) electrons. The average molecular weight is 434 g/mol. The van der Waals surface area contributed by atoms with Crippen LogP contribution in [-0.4, -0.2) is 22.4 Å². The largest absolute Gasteiger partial charge is 0.497 e. The third-order valence-electron chi connectivity index (χ3n) is 4.19. The quantitative estimate of drug-likeness (QED) is 0.334. The van der Waals surface area contributed by atoms with Gasteiger partial charge < -0.3 is 20.7 Å². The molecule has 1 heterocycles. The topological polar surface area (TPSA) is 71.1 Å². The van der Waals surface area contributed by atoms with Gasteiger partial charge in [-0.3, -0.25) is 0 Å². The summed E-state index contributed by atoms with van der Waals surface area (Å²) in [6.07, 6.45) is 0. The van der Waals surface area contributed by atoms with Gasteiger partial charge in [0.1, 0.15) is 10.8 Å². The predicted octanol–water partition coefficient (Wildman–Crippen LogP) is 5.77. The lowest BCUT2D eigenvalue weighted by molar-refractivity contribution is 0.415. The van der Waals surface area contributed by atoms with Crippen LogP contribution in [0, 0.1) is 0 Å². The van der Waals surface area contributed by atoms with Crippen molar-refractivity contribution in [2.24, 2.45) is 0 Å². The number of rotatable bonds is 6. The first kappa shape index (κ1) is 19.8. The molecule has 4 aromatic rings. The van der Waals surface area contributed by atoms with E-state index in [9.17, 15) is 0 Å². The Balaban J connectivity index is 1.37. The molecule has 30 heavy (non-hydrogen) atoms. The van der Waals surface area contributed by atoms with Crippen molar-refractivity contribution >= 4 is 50.9 Å². The van der Waals surface area contributed by atoms with Crippen LogP contribution >= 0.6 is 23.6 Å². The highest BCUT2D eigenvalue weighted by atomic mass is 32.1. The Morgan fingerprint density at radius 1 is 0.800 bits per heavy atom. The molecule has 3 aromatic carbocycles. The Labute approximate surface area is 184 Å². The molecule has 6 nitrogen and oxygen atoms in total. The van der Waals surface area contributed by atoms with Crippen LogP contribution < -0.4 is 20.7 Å². The Bertz CT molecular complexity index is 1110. The van der Waals surface area contributed by atoms with Crippen molar-refractivity contribution in [3.05, 3.63) is 78.9 Å². The third-order valence-corrected chi connectivity index (χ3v) is 5.28. The number of hydrogen-bond donors (Lipinski definition) is 3. The number of para-hydroxylation sites is 1. The number of thiocarbonyl (C=S) groups is 1. The van der Waals surface area contributed by atoms with Gasteiger partial charge in [0.25, 0.3) is 0 Å². The Morgan fingerprint density at radius 2 is 1.43 bits per heavy atom. The van der Waals surface area contributed by atoms with Crippen LogP contribution in [0.2, 0.25) is 0 Å². The van der Waals surface area contributed by atoms with Gasteiger partial charge in [0.05, 0.1) is 7.11 Å². The second-order valence-corrected chi connectivity index (χ2v) is 7.67. The number of ether oxygens (including phenoxy) is 1. The molecule has 0 bridgehead atoms. The smallest absolute Gasteiger partial charge is 0.210 e. The SMILES string of the molecule is COc1ccc(Nc2nnc(-c3ccc(NC(=S)Nc4ccccc4)cc3)s2)cc1. The van der Waals surface area contributed by atoms with Gasteiger partial charge in [0.15, 0.2) is 5.11 Å². The molecule has 150 valence electrons. The van der Waals surface area contributed by atoms with Crippen molar-refractivity contribution < 1.29 is 4.74 Å². The van der Waals surface area contributed by atoms with E-state index < -0.39 is 0 Å². The summed E-state index contributed by atoms with van der Waals surface area (Å²) in [5, 5.41) is 20.2. The molecule has 0 spiro atoms. The lowest BCUT2D eigenvalue weighted by atomic mass is 10.2. The van der Waals surface area contributed by atoms with Crippen LogP contribution in [0.15, 0.2) is 78.9 Å². The number of methoxy groups -OCH3 is 1. The maximum absolute atomic E-state index is 5.37. The van der Waals surface area contributed by atoms with Crippen molar-refractivity contribution in [1.82, 2.24) is 10.2 Å². The number of nitrogens with zero attached hydrogens (tertiary/aromatic N) is 2. The number of aromatic nitrogens is 2. The number of benzene rings is 3. The van der Waals surface area contributed by atoms with Crippen LogP contribution in [0.5, 0.6) is 5.75 Å². The minimum absolute atomic E-state index is 0.538. The summed E-state index contributed by atoms with van der Waals surface area (Å²) in [7, 11) is 1.65. The first-order valence-electron chi connectivity index (χ1n) is 9.18. The van der Waals surface area contributed by atoms with Gasteiger partial charge in [-0.1, -0.05) is 29.5 Å². The molecule has 0 saturated heterocycles. The van der Waals surface area contributed by atoms with Crippen molar-refractivity contribution in [3.63, 3.8) is 0 Å². The van der Waals surface area contributed by atoms with E-state index in [1.807, 2.05) is 78.9 Å². The summed E-state index contributed by atoms with van der Waals surface area (Å²) in [5.74, 6) is 0.811. The van der Waals surface area contributed by atoms with Crippen molar-refractivity contribution in [1.29, 1.82) is 0 Å². The molecular weight excluding hydrogens is 414 g/mol. The molecule has 8 heteroatoms. The van der Waals surface area contributed by atoms with E-state index in [2.05, 4.69) is 26.1 Å². The van der Waals surface area contributed by atoms with E-state index in [0.717, 1.165) is 38.5 Å². The molecule has 3 N–H and O–H groups in total. The molecule has 0 amide bonds. The number of nitrogens with one attached hydrogen (secondary N) is 3. The summed E-state index contributed by atoms with van der Waals surface area (Å²) in [6, 6.07) is 25.4. The predicted molar refractivity (Wildman–Crippen MR) is 128 cm³/mol. The fraction of sp³-hybridized carbons (Fsp3) is 0.0455. The second kappa shape index (κ2) is 9.34. The first-order chi connectivity index (χ1) is 14.7. The van der Waals surface area contributed by atoms with Crippen molar-refractivity contribution in [2.45, 2.75) is 0 Å². The molecule has 1 aromatic heterocycles. The van der Waals surface area contributed by atoms with E-state index in [1.54, 1.807) is 7.11 Å². The van der Waals surface area contributed by atoms with E-state index >= 15 is 0 Å². The summed E-state index contributed by atoms with van der Waals surface area (Å²) in [5.41, 5.74) is 3.76. The first-order valence-corrected chi connectivity index (χ1v) is 10.4. The lowest BCUT2D eigenvalue weighted by Crippen LogP contribution is -2.18. The van der Waals surface area contributed by atoms with Gasteiger partial charge in [0, 0.05) is 22.6 Å². The highest BCUT2D eigenvalue weighted by Gasteiger charge is 2.08. The maximum atomic E-state index is 5.37. The van der Waals surface area contributed by atoms with E-state index in [1.165, 1.54) is 11.3 Å². The van der Waals surface area contributed by atoms with Crippen molar-refractivity contribution in [3.8, 4) is 16.3 Å². The summed E-state index contributed by atoms with van der Waals surface area (Å²) < 4.78 is 5.17. The standard InChI is InChI=1S/C22H19N5OS2/c1-28-19-13-11-18(12-14-19)25-22-27-26-20(30-22)15-7-9-17(10-8-15)24-21(29)23-16-5-3-2-4-6-16/h2-14H,1H3,(H,25,27)(H2,23,24,29). The van der Waals surface area contributed by atoms with Gasteiger partial charge in [-0.2, -0.15) is 0 Å². The van der Waals surface area contributed by atoms with Crippen LogP contribution in [0.25, 0.3) is 10.6 Å². The molecule has 4 rings (SSSR count). The van der Waals surface area contributed by atoms with Crippen LogP contribution in [0.4, 0.5) is 22.2 Å². The zero-order chi connectivity index (χ0) is 20.8. The summed E-state index contributed by atoms with van der Waals surface area (Å²) >= 11 is 6.86. The molecule has 0 unspecified atom stereocenters. The van der Waals surface area contributed by atoms with E-state index in [-0.39, 0.29) is 0 Å². The maximum Gasteiger partial charge on any atom is 0.210 e. The minimum atomic E-state index is 0.538.